The van der Waals surface area contributed by atoms with E-state index in [0.29, 0.717) is 23.3 Å². The maximum atomic E-state index is 12.1. The van der Waals surface area contributed by atoms with Crippen LogP contribution in [0.3, 0.4) is 0 Å². The zero-order chi connectivity index (χ0) is 19.9. The number of carbonyl (C=O) groups is 1. The number of thioether (sulfide) groups is 1. The van der Waals surface area contributed by atoms with Gasteiger partial charge in [-0.15, -0.1) is 10.2 Å². The first-order valence-corrected chi connectivity index (χ1v) is 9.45. The number of aromatic nitrogens is 3. The molecule has 10 heteroatoms. The Balaban J connectivity index is 1.51. The summed E-state index contributed by atoms with van der Waals surface area (Å²) < 4.78 is 35.8. The number of alkyl halides is 2. The lowest BCUT2D eigenvalue weighted by molar-refractivity contribution is -0.118. The van der Waals surface area contributed by atoms with Gasteiger partial charge in [-0.05, 0) is 36.8 Å². The van der Waals surface area contributed by atoms with Crippen molar-refractivity contribution in [2.24, 2.45) is 0 Å². The summed E-state index contributed by atoms with van der Waals surface area (Å²) in [5, 5.41) is 11.7. The van der Waals surface area contributed by atoms with Crippen LogP contribution in [0.5, 0.6) is 5.75 Å². The Morgan fingerprint density at radius 2 is 2.07 bits per heavy atom. The third-order valence-corrected chi connectivity index (χ3v) is 4.71. The van der Waals surface area contributed by atoms with Crippen molar-refractivity contribution in [2.45, 2.75) is 31.8 Å². The maximum Gasteiger partial charge on any atom is 0.387 e. The Kier molecular flexibility index (Phi) is 6.64. The molecule has 0 spiro atoms. The molecule has 148 valence electrons. The average Bonchev–Trinajstić information content (AvgIpc) is 3.34. The quantitative estimate of drug-likeness (QED) is 0.545. The Labute approximate surface area is 164 Å². The Hall–Kier alpha value is -2.88. The predicted molar refractivity (Wildman–Crippen MR) is 99.0 cm³/mol. The van der Waals surface area contributed by atoms with E-state index < -0.39 is 6.61 Å². The molecule has 0 aliphatic carbocycles. The van der Waals surface area contributed by atoms with Crippen LogP contribution in [-0.2, 0) is 17.9 Å². The van der Waals surface area contributed by atoms with Crippen molar-refractivity contribution in [3.63, 3.8) is 0 Å². The van der Waals surface area contributed by atoms with Crippen LogP contribution in [-0.4, -0.2) is 33.0 Å². The van der Waals surface area contributed by atoms with E-state index in [0.717, 1.165) is 5.56 Å². The van der Waals surface area contributed by atoms with Crippen LogP contribution < -0.4 is 10.1 Å². The van der Waals surface area contributed by atoms with Crippen LogP contribution in [0.1, 0.15) is 12.5 Å². The first kappa shape index (κ1) is 19.9. The van der Waals surface area contributed by atoms with Crippen molar-refractivity contribution >= 4 is 17.7 Å². The molecule has 0 saturated carbocycles. The normalized spacial score (nSPS) is 11.0. The second-order valence-corrected chi connectivity index (χ2v) is 6.56. The molecule has 3 aromatic rings. The van der Waals surface area contributed by atoms with E-state index in [9.17, 15) is 13.6 Å². The van der Waals surface area contributed by atoms with Crippen molar-refractivity contribution in [2.75, 3.05) is 5.75 Å². The lowest BCUT2D eigenvalue weighted by Gasteiger charge is -2.08. The SMILES string of the molecule is CCn1c(SCC(=O)NCc2ccc(OC(F)F)cc2)nnc1-c1ccco1. The number of furan rings is 1. The van der Waals surface area contributed by atoms with Gasteiger partial charge in [-0.1, -0.05) is 23.9 Å². The highest BCUT2D eigenvalue weighted by Gasteiger charge is 2.16. The number of carbonyl (C=O) groups excluding carboxylic acids is 1. The van der Waals surface area contributed by atoms with Gasteiger partial charge in [0.15, 0.2) is 16.7 Å². The van der Waals surface area contributed by atoms with E-state index in [-0.39, 0.29) is 24.0 Å². The van der Waals surface area contributed by atoms with E-state index >= 15 is 0 Å². The second kappa shape index (κ2) is 9.36. The van der Waals surface area contributed by atoms with Gasteiger partial charge < -0.3 is 14.5 Å². The number of rotatable bonds is 9. The fourth-order valence-electron chi connectivity index (χ4n) is 2.44. The number of nitrogens with zero attached hydrogens (tertiary/aromatic N) is 3. The smallest absolute Gasteiger partial charge is 0.387 e. The van der Waals surface area contributed by atoms with E-state index in [1.54, 1.807) is 30.5 Å². The molecular weight excluding hydrogens is 390 g/mol. The number of hydrogen-bond donors (Lipinski definition) is 1. The van der Waals surface area contributed by atoms with Crippen molar-refractivity contribution in [1.82, 2.24) is 20.1 Å². The molecule has 7 nitrogen and oxygen atoms in total. The van der Waals surface area contributed by atoms with Gasteiger partial charge in [-0.3, -0.25) is 9.36 Å². The van der Waals surface area contributed by atoms with Crippen LogP contribution in [0.25, 0.3) is 11.6 Å². The molecule has 0 aliphatic rings. The monoisotopic (exact) mass is 408 g/mol. The van der Waals surface area contributed by atoms with Gasteiger partial charge in [0.1, 0.15) is 5.75 Å². The Bertz CT molecular complexity index is 898. The third-order valence-electron chi connectivity index (χ3n) is 3.75. The highest BCUT2D eigenvalue weighted by molar-refractivity contribution is 7.99. The molecular formula is C18H18F2N4O3S. The Morgan fingerprint density at radius 3 is 2.71 bits per heavy atom. The summed E-state index contributed by atoms with van der Waals surface area (Å²) in [6, 6.07) is 9.68. The van der Waals surface area contributed by atoms with Crippen LogP contribution in [0.15, 0.2) is 52.2 Å². The molecule has 1 N–H and O–H groups in total. The van der Waals surface area contributed by atoms with Gasteiger partial charge in [-0.2, -0.15) is 8.78 Å². The summed E-state index contributed by atoms with van der Waals surface area (Å²) in [4.78, 5) is 12.1. The summed E-state index contributed by atoms with van der Waals surface area (Å²) >= 11 is 1.27. The minimum Gasteiger partial charge on any atom is -0.461 e. The molecule has 28 heavy (non-hydrogen) atoms. The molecule has 0 atom stereocenters. The molecule has 0 radical (unpaired) electrons. The average molecular weight is 408 g/mol. The maximum absolute atomic E-state index is 12.1. The number of halogens is 2. The van der Waals surface area contributed by atoms with Gasteiger partial charge >= 0.3 is 6.61 Å². The lowest BCUT2D eigenvalue weighted by Crippen LogP contribution is -2.24. The summed E-state index contributed by atoms with van der Waals surface area (Å²) in [5.74, 6) is 1.30. The van der Waals surface area contributed by atoms with Crippen LogP contribution >= 0.6 is 11.8 Å². The lowest BCUT2D eigenvalue weighted by atomic mass is 10.2. The number of amides is 1. The highest BCUT2D eigenvalue weighted by atomic mass is 32.2. The number of nitrogens with one attached hydrogen (secondary N) is 1. The molecule has 1 amide bonds. The molecule has 0 unspecified atom stereocenters. The van der Waals surface area contributed by atoms with Crippen LogP contribution in [0.4, 0.5) is 8.78 Å². The van der Waals surface area contributed by atoms with Gasteiger partial charge in [0.05, 0.1) is 12.0 Å². The van der Waals surface area contributed by atoms with Crippen LogP contribution in [0.2, 0.25) is 0 Å². The third kappa shape index (κ3) is 5.10. The van der Waals surface area contributed by atoms with Crippen molar-refractivity contribution in [3.8, 4) is 17.3 Å². The first-order chi connectivity index (χ1) is 13.6. The molecule has 0 saturated heterocycles. The summed E-state index contributed by atoms with van der Waals surface area (Å²) in [7, 11) is 0. The highest BCUT2D eigenvalue weighted by Crippen LogP contribution is 2.24. The van der Waals surface area contributed by atoms with Gasteiger partial charge in [0.2, 0.25) is 5.91 Å². The number of ether oxygens (including phenoxy) is 1. The predicted octanol–water partition coefficient (Wildman–Crippen LogP) is 3.57. The Morgan fingerprint density at radius 1 is 1.29 bits per heavy atom. The minimum atomic E-state index is -2.86. The fraction of sp³-hybridized carbons (Fsp3) is 0.278. The van der Waals surface area contributed by atoms with Crippen molar-refractivity contribution < 1.29 is 22.7 Å². The first-order valence-electron chi connectivity index (χ1n) is 8.47. The largest absolute Gasteiger partial charge is 0.461 e. The number of hydrogen-bond acceptors (Lipinski definition) is 6. The summed E-state index contributed by atoms with van der Waals surface area (Å²) in [6.45, 7) is 0.0226. The molecule has 0 aliphatic heterocycles. The minimum absolute atomic E-state index is 0.0758. The van der Waals surface area contributed by atoms with Crippen molar-refractivity contribution in [3.05, 3.63) is 48.2 Å². The zero-order valence-electron chi connectivity index (χ0n) is 15.0. The molecule has 0 bridgehead atoms. The van der Waals surface area contributed by atoms with E-state index in [4.69, 9.17) is 4.42 Å². The zero-order valence-corrected chi connectivity index (χ0v) is 15.8. The molecule has 2 heterocycles. The van der Waals surface area contributed by atoms with E-state index in [1.165, 1.54) is 23.9 Å². The standard InChI is InChI=1S/C18H18F2N4O3S/c1-2-24-16(14-4-3-9-26-14)22-23-18(24)28-11-15(25)21-10-12-5-7-13(8-6-12)27-17(19)20/h3-9,17H,2,10-11H2,1H3,(H,21,25). The summed E-state index contributed by atoms with van der Waals surface area (Å²) in [5.41, 5.74) is 0.775. The van der Waals surface area contributed by atoms with Gasteiger partial charge in [0, 0.05) is 13.1 Å². The molecule has 0 fully saturated rings. The van der Waals surface area contributed by atoms with Gasteiger partial charge in [0.25, 0.3) is 0 Å². The number of benzene rings is 1. The summed E-state index contributed by atoms with van der Waals surface area (Å²) in [6.07, 6.45) is 1.57. The van der Waals surface area contributed by atoms with Gasteiger partial charge in [-0.25, -0.2) is 0 Å². The van der Waals surface area contributed by atoms with Crippen molar-refractivity contribution in [1.29, 1.82) is 0 Å². The second-order valence-electron chi connectivity index (χ2n) is 5.62. The van der Waals surface area contributed by atoms with E-state index in [1.807, 2.05) is 11.5 Å². The molecule has 1 aromatic carbocycles. The molecule has 2 aromatic heterocycles. The van der Waals surface area contributed by atoms with E-state index in [2.05, 4.69) is 20.3 Å². The fourth-order valence-corrected chi connectivity index (χ4v) is 3.27. The van der Waals surface area contributed by atoms with Crippen LogP contribution in [0, 0.1) is 0 Å². The topological polar surface area (TPSA) is 82.2 Å². The molecule has 3 rings (SSSR count).